The third kappa shape index (κ3) is 4.09. The van der Waals surface area contributed by atoms with Gasteiger partial charge in [-0.3, -0.25) is 0 Å². The normalized spacial score (nSPS) is 12.2. The number of thiophene rings is 1. The molecule has 0 aliphatic carbocycles. The first-order valence-corrected chi connectivity index (χ1v) is 5.63. The Morgan fingerprint density at radius 3 is 2.69 bits per heavy atom. The second-order valence-electron chi connectivity index (χ2n) is 2.25. The van der Waals surface area contributed by atoms with Crippen molar-refractivity contribution >= 4 is 23.5 Å². The lowest BCUT2D eigenvalue weighted by Gasteiger charge is -1.76. The van der Waals surface area contributed by atoms with Gasteiger partial charge in [0.05, 0.1) is 0 Å². The quantitative estimate of drug-likeness (QED) is 0.679. The van der Waals surface area contributed by atoms with Gasteiger partial charge in [0.2, 0.25) is 0 Å². The van der Waals surface area contributed by atoms with Gasteiger partial charge < -0.3 is 0 Å². The van der Waals surface area contributed by atoms with E-state index >= 15 is 0 Å². The fourth-order valence-electron chi connectivity index (χ4n) is 0.962. The molecule has 0 fully saturated rings. The van der Waals surface area contributed by atoms with Gasteiger partial charge in [-0.15, -0.1) is 11.3 Å². The average Bonchev–Trinajstić information content (AvgIpc) is 2.58. The molecule has 1 heterocycles. The predicted octanol–water partition coefficient (Wildman–Crippen LogP) is 2.93. The topological polar surface area (TPSA) is 0 Å². The summed E-state index contributed by atoms with van der Waals surface area (Å²) in [5.41, 5.74) is 0. The zero-order chi connectivity index (χ0) is 10.1. The van der Waals surface area contributed by atoms with Gasteiger partial charge in [-0.25, -0.2) is 0 Å². The van der Waals surface area contributed by atoms with Crippen LogP contribution < -0.4 is 9.75 Å². The second kappa shape index (κ2) is 7.81. The van der Waals surface area contributed by atoms with Gasteiger partial charge in [-0.05, 0) is 29.2 Å². The molecule has 0 aliphatic rings. The lowest BCUT2D eigenvalue weighted by atomic mass is 10.3. The monoisotopic (exact) mass is 194 g/mol. The van der Waals surface area contributed by atoms with E-state index < -0.39 is 0 Å². The molecule has 13 heavy (non-hydrogen) atoms. The van der Waals surface area contributed by atoms with Crippen LogP contribution >= 0.6 is 11.3 Å². The Balaban J connectivity index is 0.000000671. The van der Waals surface area contributed by atoms with E-state index in [1.807, 2.05) is 26.0 Å². The molecule has 0 atom stereocenters. The lowest BCUT2D eigenvalue weighted by Crippen LogP contribution is -2.16. The van der Waals surface area contributed by atoms with E-state index in [2.05, 4.69) is 31.0 Å². The van der Waals surface area contributed by atoms with Crippen molar-refractivity contribution in [2.45, 2.75) is 27.2 Å². The van der Waals surface area contributed by atoms with Crippen molar-refractivity contribution in [3.63, 3.8) is 0 Å². The minimum Gasteiger partial charge on any atom is -0.144 e. The zero-order valence-corrected chi connectivity index (χ0v) is 9.53. The number of allylic oxidation sites excluding steroid dienone is 1. The standard InChI is InChI=1S/C10H12S.C2H6/c1-3-5-9-7-8-11-10(9)6-4-2;1-2/h4-8H,2-3H2,1H3;1-2H3/b9-5-,10-6+;. The van der Waals surface area contributed by atoms with E-state index in [0.29, 0.717) is 0 Å². The van der Waals surface area contributed by atoms with Crippen molar-refractivity contribution in [3.8, 4) is 0 Å². The molecule has 0 bridgehead atoms. The van der Waals surface area contributed by atoms with E-state index in [1.165, 1.54) is 9.75 Å². The minimum absolute atomic E-state index is 1.09. The molecular formula is C12H18S. The van der Waals surface area contributed by atoms with Gasteiger partial charge in [0.25, 0.3) is 0 Å². The second-order valence-corrected chi connectivity index (χ2v) is 3.20. The molecule has 0 amide bonds. The van der Waals surface area contributed by atoms with Crippen molar-refractivity contribution in [2.24, 2.45) is 0 Å². The van der Waals surface area contributed by atoms with E-state index in [9.17, 15) is 0 Å². The predicted molar refractivity (Wildman–Crippen MR) is 64.3 cm³/mol. The molecule has 1 heteroatoms. The van der Waals surface area contributed by atoms with Crippen LogP contribution in [-0.2, 0) is 0 Å². The van der Waals surface area contributed by atoms with Crippen LogP contribution in [0.2, 0.25) is 0 Å². The summed E-state index contributed by atoms with van der Waals surface area (Å²) in [5.74, 6) is 0. The first-order valence-electron chi connectivity index (χ1n) is 4.75. The Kier molecular flexibility index (Phi) is 7.32. The lowest BCUT2D eigenvalue weighted by molar-refractivity contribution is 1.29. The molecule has 1 rings (SSSR count). The molecule has 0 nitrogen and oxygen atoms in total. The first kappa shape index (κ1) is 12.2. The van der Waals surface area contributed by atoms with Crippen LogP contribution in [0.1, 0.15) is 27.2 Å². The maximum atomic E-state index is 3.67. The first-order chi connectivity index (χ1) is 6.38. The van der Waals surface area contributed by atoms with Crippen LogP contribution in [-0.4, -0.2) is 0 Å². The highest BCUT2D eigenvalue weighted by Crippen LogP contribution is 1.83. The highest BCUT2D eigenvalue weighted by Gasteiger charge is 1.82. The Labute approximate surface area is 84.9 Å². The van der Waals surface area contributed by atoms with Gasteiger partial charge in [0, 0.05) is 4.53 Å². The van der Waals surface area contributed by atoms with Crippen LogP contribution in [0.3, 0.4) is 0 Å². The van der Waals surface area contributed by atoms with Crippen LogP contribution in [0.15, 0.2) is 24.1 Å². The van der Waals surface area contributed by atoms with Crippen molar-refractivity contribution in [3.05, 3.63) is 33.9 Å². The average molecular weight is 194 g/mol. The molecule has 0 spiro atoms. The molecule has 1 aromatic heterocycles. The molecule has 0 saturated heterocycles. The Bertz CT molecular complexity index is 330. The van der Waals surface area contributed by atoms with Crippen LogP contribution in [0.4, 0.5) is 0 Å². The number of rotatable bonds is 2. The summed E-state index contributed by atoms with van der Waals surface area (Å²) >= 11 is 1.76. The maximum absolute atomic E-state index is 3.67. The molecule has 0 N–H and O–H groups in total. The van der Waals surface area contributed by atoms with Crippen molar-refractivity contribution < 1.29 is 0 Å². The van der Waals surface area contributed by atoms with E-state index in [1.54, 1.807) is 11.3 Å². The minimum atomic E-state index is 1.09. The Morgan fingerprint density at radius 2 is 2.15 bits per heavy atom. The molecule has 0 radical (unpaired) electrons. The summed E-state index contributed by atoms with van der Waals surface area (Å²) in [7, 11) is 0. The fourth-order valence-corrected chi connectivity index (χ4v) is 1.79. The number of hydrogen-bond acceptors (Lipinski definition) is 1. The van der Waals surface area contributed by atoms with E-state index in [-0.39, 0.29) is 0 Å². The Hall–Kier alpha value is -0.820. The summed E-state index contributed by atoms with van der Waals surface area (Å²) < 4.78 is 1.31. The molecule has 0 saturated carbocycles. The van der Waals surface area contributed by atoms with Crippen molar-refractivity contribution in [1.29, 1.82) is 0 Å². The fraction of sp³-hybridized carbons (Fsp3) is 0.333. The highest BCUT2D eigenvalue weighted by molar-refractivity contribution is 7.07. The SMILES string of the molecule is C=C/C=c1/scc/c1=C/CC.CC. The zero-order valence-electron chi connectivity index (χ0n) is 8.71. The maximum Gasteiger partial charge on any atom is 0.0339 e. The van der Waals surface area contributed by atoms with E-state index in [0.717, 1.165) is 6.42 Å². The van der Waals surface area contributed by atoms with Gasteiger partial charge in [0.1, 0.15) is 0 Å². The van der Waals surface area contributed by atoms with Crippen LogP contribution in [0, 0.1) is 0 Å². The molecule has 0 unspecified atom stereocenters. The smallest absolute Gasteiger partial charge is 0.0339 e. The van der Waals surface area contributed by atoms with Gasteiger partial charge in [-0.1, -0.05) is 39.5 Å². The van der Waals surface area contributed by atoms with Gasteiger partial charge in [-0.2, -0.15) is 0 Å². The largest absolute Gasteiger partial charge is 0.144 e. The summed E-state index contributed by atoms with van der Waals surface area (Å²) in [6.45, 7) is 9.82. The molecule has 1 aromatic rings. The van der Waals surface area contributed by atoms with Crippen molar-refractivity contribution in [1.82, 2.24) is 0 Å². The van der Waals surface area contributed by atoms with Gasteiger partial charge in [0.15, 0.2) is 0 Å². The Morgan fingerprint density at radius 1 is 1.46 bits per heavy atom. The third-order valence-electron chi connectivity index (χ3n) is 1.42. The number of hydrogen-bond donors (Lipinski definition) is 0. The molecular weight excluding hydrogens is 176 g/mol. The summed E-state index contributed by atoms with van der Waals surface area (Å²) in [6.07, 6.45) is 7.20. The highest BCUT2D eigenvalue weighted by atomic mass is 32.1. The van der Waals surface area contributed by atoms with Crippen molar-refractivity contribution in [2.75, 3.05) is 0 Å². The van der Waals surface area contributed by atoms with Crippen LogP contribution in [0.25, 0.3) is 12.2 Å². The summed E-state index contributed by atoms with van der Waals surface area (Å²) in [6, 6.07) is 2.14. The summed E-state index contributed by atoms with van der Waals surface area (Å²) in [4.78, 5) is 0. The summed E-state index contributed by atoms with van der Waals surface area (Å²) in [5, 5.41) is 3.44. The van der Waals surface area contributed by atoms with Crippen LogP contribution in [0.5, 0.6) is 0 Å². The molecule has 0 aromatic carbocycles. The third-order valence-corrected chi connectivity index (χ3v) is 2.32. The van der Waals surface area contributed by atoms with Gasteiger partial charge >= 0.3 is 0 Å². The van der Waals surface area contributed by atoms with E-state index in [4.69, 9.17) is 0 Å². The molecule has 72 valence electrons. The molecule has 0 aliphatic heterocycles.